The SMILES string of the molecule is CC(CC1CCC1)Nc1c(Cl)cccc1C(F)(F)F. The molecule has 1 unspecified atom stereocenters. The maximum atomic E-state index is 12.9. The van der Waals surface area contributed by atoms with Gasteiger partial charge in [0, 0.05) is 6.04 Å². The van der Waals surface area contributed by atoms with Gasteiger partial charge < -0.3 is 5.32 Å². The maximum Gasteiger partial charge on any atom is 0.418 e. The number of alkyl halides is 3. The minimum Gasteiger partial charge on any atom is -0.381 e. The van der Waals surface area contributed by atoms with Crippen molar-refractivity contribution in [2.45, 2.75) is 44.8 Å². The first kappa shape index (κ1) is 14.5. The molecule has 5 heteroatoms. The second-order valence-electron chi connectivity index (χ2n) is 5.24. The fourth-order valence-corrected chi connectivity index (χ4v) is 2.67. The van der Waals surface area contributed by atoms with Crippen molar-refractivity contribution in [2.75, 3.05) is 5.32 Å². The largest absolute Gasteiger partial charge is 0.418 e. The molecule has 0 heterocycles. The van der Waals surface area contributed by atoms with E-state index in [0.29, 0.717) is 5.92 Å². The first-order valence-corrected chi connectivity index (χ1v) is 6.88. The Balaban J connectivity index is 2.13. The summed E-state index contributed by atoms with van der Waals surface area (Å²) in [5, 5.41) is 3.05. The van der Waals surface area contributed by atoms with Gasteiger partial charge in [0.1, 0.15) is 0 Å². The van der Waals surface area contributed by atoms with Gasteiger partial charge in [-0.2, -0.15) is 13.2 Å². The highest BCUT2D eigenvalue weighted by molar-refractivity contribution is 6.33. The Kier molecular flexibility index (Phi) is 4.29. The smallest absolute Gasteiger partial charge is 0.381 e. The highest BCUT2D eigenvalue weighted by Crippen LogP contribution is 2.39. The number of nitrogens with one attached hydrogen (secondary N) is 1. The third-order valence-corrected chi connectivity index (χ3v) is 3.94. The molecular weight excluding hydrogens is 275 g/mol. The molecule has 1 aliphatic rings. The highest BCUT2D eigenvalue weighted by Gasteiger charge is 2.34. The Morgan fingerprint density at radius 2 is 2.05 bits per heavy atom. The number of halogens is 4. The zero-order chi connectivity index (χ0) is 14.0. The molecule has 0 saturated heterocycles. The average molecular weight is 292 g/mol. The van der Waals surface area contributed by atoms with Crippen molar-refractivity contribution in [3.63, 3.8) is 0 Å². The minimum absolute atomic E-state index is 0.00323. The predicted molar refractivity (Wildman–Crippen MR) is 71.5 cm³/mol. The molecule has 0 bridgehead atoms. The molecule has 1 fully saturated rings. The van der Waals surface area contributed by atoms with Gasteiger partial charge in [0.15, 0.2) is 0 Å². The van der Waals surface area contributed by atoms with Gasteiger partial charge in [-0.1, -0.05) is 36.9 Å². The molecule has 1 N–H and O–H groups in total. The van der Waals surface area contributed by atoms with Gasteiger partial charge in [-0.25, -0.2) is 0 Å². The standard InChI is InChI=1S/C14H17ClF3N/c1-9(8-10-4-2-5-10)19-13-11(14(16,17)18)6-3-7-12(13)15/h3,6-7,9-10,19H,2,4-5,8H2,1H3. The van der Waals surface area contributed by atoms with Crippen LogP contribution in [0.1, 0.15) is 38.2 Å². The molecule has 1 aliphatic carbocycles. The molecular formula is C14H17ClF3N. The predicted octanol–water partition coefficient (Wildman–Crippen LogP) is 5.35. The lowest BCUT2D eigenvalue weighted by atomic mass is 9.81. The molecule has 0 radical (unpaired) electrons. The second-order valence-corrected chi connectivity index (χ2v) is 5.65. The molecule has 1 atom stereocenters. The van der Waals surface area contributed by atoms with E-state index in [1.165, 1.54) is 31.4 Å². The number of hydrogen-bond donors (Lipinski definition) is 1. The Morgan fingerprint density at radius 3 is 2.58 bits per heavy atom. The summed E-state index contributed by atoms with van der Waals surface area (Å²) >= 11 is 5.90. The molecule has 19 heavy (non-hydrogen) atoms. The van der Waals surface area contributed by atoms with E-state index < -0.39 is 11.7 Å². The molecule has 0 spiro atoms. The van der Waals surface area contributed by atoms with Crippen molar-refractivity contribution in [1.82, 2.24) is 0 Å². The average Bonchev–Trinajstić information content (AvgIpc) is 2.25. The van der Waals surface area contributed by atoms with Crippen LogP contribution in [0.4, 0.5) is 18.9 Å². The van der Waals surface area contributed by atoms with E-state index in [-0.39, 0.29) is 16.8 Å². The van der Waals surface area contributed by atoms with E-state index in [4.69, 9.17) is 11.6 Å². The van der Waals surface area contributed by atoms with Crippen molar-refractivity contribution >= 4 is 17.3 Å². The zero-order valence-corrected chi connectivity index (χ0v) is 11.5. The van der Waals surface area contributed by atoms with Gasteiger partial charge in [-0.15, -0.1) is 0 Å². The summed E-state index contributed by atoms with van der Waals surface area (Å²) in [7, 11) is 0. The summed E-state index contributed by atoms with van der Waals surface area (Å²) < 4.78 is 38.8. The quantitative estimate of drug-likeness (QED) is 0.788. The van der Waals surface area contributed by atoms with Crippen molar-refractivity contribution < 1.29 is 13.2 Å². The molecule has 2 rings (SSSR count). The van der Waals surface area contributed by atoms with Crippen LogP contribution < -0.4 is 5.32 Å². The number of para-hydroxylation sites is 1. The lowest BCUT2D eigenvalue weighted by molar-refractivity contribution is -0.137. The van der Waals surface area contributed by atoms with Crippen LogP contribution >= 0.6 is 11.6 Å². The molecule has 106 valence electrons. The van der Waals surface area contributed by atoms with Crippen LogP contribution in [-0.4, -0.2) is 6.04 Å². The third kappa shape index (κ3) is 3.56. The summed E-state index contributed by atoms with van der Waals surface area (Å²) in [6.07, 6.45) is 0.102. The van der Waals surface area contributed by atoms with Crippen molar-refractivity contribution in [3.8, 4) is 0 Å². The van der Waals surface area contributed by atoms with Gasteiger partial charge in [-0.05, 0) is 31.4 Å². The summed E-state index contributed by atoms with van der Waals surface area (Å²) in [5.74, 6) is 0.638. The lowest BCUT2D eigenvalue weighted by Crippen LogP contribution is -2.24. The number of rotatable bonds is 4. The van der Waals surface area contributed by atoms with Crippen LogP contribution in [0, 0.1) is 5.92 Å². The third-order valence-electron chi connectivity index (χ3n) is 3.62. The molecule has 0 amide bonds. The van der Waals surface area contributed by atoms with E-state index in [1.54, 1.807) is 0 Å². The Labute approximate surface area is 116 Å². The summed E-state index contributed by atoms with van der Waals surface area (Å²) in [6.45, 7) is 1.90. The monoisotopic (exact) mass is 291 g/mol. The van der Waals surface area contributed by atoms with E-state index in [9.17, 15) is 13.2 Å². The van der Waals surface area contributed by atoms with Gasteiger partial charge in [0.25, 0.3) is 0 Å². The van der Waals surface area contributed by atoms with Crippen LogP contribution in [-0.2, 0) is 6.18 Å². The fourth-order valence-electron chi connectivity index (χ4n) is 2.44. The highest BCUT2D eigenvalue weighted by atomic mass is 35.5. The van der Waals surface area contributed by atoms with E-state index in [0.717, 1.165) is 12.5 Å². The molecule has 0 aliphatic heterocycles. The first-order valence-electron chi connectivity index (χ1n) is 6.50. The first-order chi connectivity index (χ1) is 8.88. The van der Waals surface area contributed by atoms with E-state index in [1.807, 2.05) is 6.92 Å². The van der Waals surface area contributed by atoms with Crippen molar-refractivity contribution in [3.05, 3.63) is 28.8 Å². The summed E-state index contributed by atoms with van der Waals surface area (Å²) in [4.78, 5) is 0. The number of hydrogen-bond acceptors (Lipinski definition) is 1. The second kappa shape index (κ2) is 5.61. The molecule has 0 aromatic heterocycles. The Hall–Kier alpha value is -0.900. The topological polar surface area (TPSA) is 12.0 Å². The molecule has 1 aromatic carbocycles. The summed E-state index contributed by atoms with van der Waals surface area (Å²) in [6, 6.07) is 3.86. The molecule has 1 aromatic rings. The van der Waals surface area contributed by atoms with Crippen LogP contribution in [0.5, 0.6) is 0 Å². The minimum atomic E-state index is -4.39. The molecule has 1 nitrogen and oxygen atoms in total. The summed E-state index contributed by atoms with van der Waals surface area (Å²) in [5.41, 5.74) is -0.691. The van der Waals surface area contributed by atoms with Crippen LogP contribution in [0.2, 0.25) is 5.02 Å². The van der Waals surface area contributed by atoms with Gasteiger partial charge in [0.05, 0.1) is 16.3 Å². The van der Waals surface area contributed by atoms with Crippen LogP contribution in [0.3, 0.4) is 0 Å². The van der Waals surface area contributed by atoms with E-state index in [2.05, 4.69) is 5.32 Å². The van der Waals surface area contributed by atoms with Crippen LogP contribution in [0.25, 0.3) is 0 Å². The van der Waals surface area contributed by atoms with Gasteiger partial charge in [-0.3, -0.25) is 0 Å². The number of benzene rings is 1. The van der Waals surface area contributed by atoms with Crippen molar-refractivity contribution in [2.24, 2.45) is 5.92 Å². The number of anilines is 1. The van der Waals surface area contributed by atoms with Gasteiger partial charge >= 0.3 is 6.18 Å². The zero-order valence-electron chi connectivity index (χ0n) is 10.7. The van der Waals surface area contributed by atoms with Crippen LogP contribution in [0.15, 0.2) is 18.2 Å². The maximum absolute atomic E-state index is 12.9. The Bertz CT molecular complexity index is 441. The lowest BCUT2D eigenvalue weighted by Gasteiger charge is -2.29. The Morgan fingerprint density at radius 1 is 1.37 bits per heavy atom. The van der Waals surface area contributed by atoms with Crippen molar-refractivity contribution in [1.29, 1.82) is 0 Å². The van der Waals surface area contributed by atoms with Gasteiger partial charge in [0.2, 0.25) is 0 Å². The normalized spacial score (nSPS) is 17.9. The molecule has 1 saturated carbocycles. The fraction of sp³-hybridized carbons (Fsp3) is 0.571. The van der Waals surface area contributed by atoms with E-state index >= 15 is 0 Å².